The van der Waals surface area contributed by atoms with E-state index in [0.717, 1.165) is 33.8 Å². The summed E-state index contributed by atoms with van der Waals surface area (Å²) in [7, 11) is 0. The zero-order valence-corrected chi connectivity index (χ0v) is 18.4. The molecule has 0 bridgehead atoms. The Morgan fingerprint density at radius 2 is 1.56 bits per heavy atom. The van der Waals surface area contributed by atoms with Gasteiger partial charge in [0, 0.05) is 17.7 Å². The van der Waals surface area contributed by atoms with Gasteiger partial charge in [-0.25, -0.2) is 15.0 Å². The summed E-state index contributed by atoms with van der Waals surface area (Å²) >= 11 is 1.42. The number of phenolic OH excluding ortho intramolecular Hbond substituents is 1. The Labute approximate surface area is 196 Å². The van der Waals surface area contributed by atoms with Gasteiger partial charge in [-0.05, 0) is 41.5 Å². The number of halogens is 3. The molecular formula is C25H17F3N4OS. The highest BCUT2D eigenvalue weighted by Crippen LogP contribution is 2.35. The molecule has 5 nitrogen and oxygen atoms in total. The molecule has 170 valence electrons. The Balaban J connectivity index is 1.45. The normalized spacial score (nSPS) is 11.6. The van der Waals surface area contributed by atoms with Crippen molar-refractivity contribution in [1.29, 1.82) is 0 Å². The highest BCUT2D eigenvalue weighted by Gasteiger charge is 2.30. The lowest BCUT2D eigenvalue weighted by atomic mass is 9.97. The first-order valence-corrected chi connectivity index (χ1v) is 11.1. The first-order chi connectivity index (χ1) is 16.4. The van der Waals surface area contributed by atoms with Crippen LogP contribution in [0.15, 0.2) is 79.1 Å². The SMILES string of the molecule is Oc1ccccc1-c1ccccc1Cc1nc2c(Nc3ccc(C(F)(F)F)cc3)ncnc2s1. The van der Waals surface area contributed by atoms with Crippen molar-refractivity contribution in [2.45, 2.75) is 12.6 Å². The monoisotopic (exact) mass is 478 g/mol. The lowest BCUT2D eigenvalue weighted by Gasteiger charge is -2.10. The summed E-state index contributed by atoms with van der Waals surface area (Å²) < 4.78 is 38.5. The molecule has 0 fully saturated rings. The van der Waals surface area contributed by atoms with Crippen LogP contribution in [-0.2, 0) is 12.6 Å². The molecule has 0 atom stereocenters. The third-order valence-corrected chi connectivity index (χ3v) is 6.23. The smallest absolute Gasteiger partial charge is 0.416 e. The number of phenols is 1. The van der Waals surface area contributed by atoms with Crippen LogP contribution >= 0.6 is 11.3 Å². The van der Waals surface area contributed by atoms with E-state index in [2.05, 4.69) is 15.3 Å². The molecular weight excluding hydrogens is 461 g/mol. The number of fused-ring (bicyclic) bond motifs is 1. The van der Waals surface area contributed by atoms with Gasteiger partial charge in [0.05, 0.1) is 5.56 Å². The van der Waals surface area contributed by atoms with Crippen LogP contribution in [0.2, 0.25) is 0 Å². The van der Waals surface area contributed by atoms with Crippen LogP contribution < -0.4 is 5.32 Å². The van der Waals surface area contributed by atoms with Gasteiger partial charge in [-0.1, -0.05) is 53.8 Å². The fraction of sp³-hybridized carbons (Fsp3) is 0.0800. The van der Waals surface area contributed by atoms with Gasteiger partial charge in [0.1, 0.15) is 27.4 Å². The molecule has 3 aromatic carbocycles. The predicted molar refractivity (Wildman–Crippen MR) is 126 cm³/mol. The van der Waals surface area contributed by atoms with Crippen molar-refractivity contribution in [1.82, 2.24) is 15.0 Å². The van der Waals surface area contributed by atoms with E-state index < -0.39 is 11.7 Å². The van der Waals surface area contributed by atoms with E-state index in [4.69, 9.17) is 4.98 Å². The van der Waals surface area contributed by atoms with Crippen LogP contribution in [0.5, 0.6) is 5.75 Å². The lowest BCUT2D eigenvalue weighted by molar-refractivity contribution is -0.137. The highest BCUT2D eigenvalue weighted by atomic mass is 32.1. The molecule has 2 N–H and O–H groups in total. The Morgan fingerprint density at radius 1 is 0.853 bits per heavy atom. The Kier molecular flexibility index (Phi) is 5.62. The summed E-state index contributed by atoms with van der Waals surface area (Å²) in [5.41, 5.74) is 2.94. The number of aromatic hydroxyl groups is 1. The number of rotatable bonds is 5. The maximum Gasteiger partial charge on any atom is 0.416 e. The number of hydrogen-bond donors (Lipinski definition) is 2. The molecule has 5 aromatic rings. The van der Waals surface area contributed by atoms with E-state index in [1.807, 2.05) is 36.4 Å². The van der Waals surface area contributed by atoms with Gasteiger partial charge in [0.15, 0.2) is 5.82 Å². The number of para-hydroxylation sites is 1. The van der Waals surface area contributed by atoms with Crippen molar-refractivity contribution in [3.8, 4) is 16.9 Å². The van der Waals surface area contributed by atoms with E-state index in [1.165, 1.54) is 29.8 Å². The zero-order chi connectivity index (χ0) is 23.7. The average Bonchev–Trinajstić information content (AvgIpc) is 3.23. The summed E-state index contributed by atoms with van der Waals surface area (Å²) in [6.45, 7) is 0. The van der Waals surface area contributed by atoms with Crippen LogP contribution in [0.4, 0.5) is 24.7 Å². The summed E-state index contributed by atoms with van der Waals surface area (Å²) in [6.07, 6.45) is -2.48. The van der Waals surface area contributed by atoms with Crippen LogP contribution in [0.25, 0.3) is 21.5 Å². The molecule has 34 heavy (non-hydrogen) atoms. The number of alkyl halides is 3. The van der Waals surface area contributed by atoms with Crippen molar-refractivity contribution < 1.29 is 18.3 Å². The first kappa shape index (κ1) is 21.8. The minimum absolute atomic E-state index is 0.202. The van der Waals surface area contributed by atoms with Crippen molar-refractivity contribution in [2.75, 3.05) is 5.32 Å². The van der Waals surface area contributed by atoms with E-state index >= 15 is 0 Å². The van der Waals surface area contributed by atoms with Crippen molar-refractivity contribution in [2.24, 2.45) is 0 Å². The van der Waals surface area contributed by atoms with Crippen LogP contribution in [-0.4, -0.2) is 20.1 Å². The number of nitrogens with zero attached hydrogens (tertiary/aromatic N) is 3. The van der Waals surface area contributed by atoms with E-state index in [1.54, 1.807) is 12.1 Å². The lowest BCUT2D eigenvalue weighted by Crippen LogP contribution is -2.04. The minimum atomic E-state index is -4.39. The molecule has 0 unspecified atom stereocenters. The molecule has 2 aromatic heterocycles. The zero-order valence-electron chi connectivity index (χ0n) is 17.5. The Morgan fingerprint density at radius 3 is 2.29 bits per heavy atom. The molecule has 0 aliphatic carbocycles. The van der Waals surface area contributed by atoms with Gasteiger partial charge < -0.3 is 10.4 Å². The fourth-order valence-electron chi connectivity index (χ4n) is 3.65. The summed E-state index contributed by atoms with van der Waals surface area (Å²) in [5.74, 6) is 0.620. The fourth-order valence-corrected chi connectivity index (χ4v) is 4.57. The molecule has 0 radical (unpaired) electrons. The molecule has 0 amide bonds. The summed E-state index contributed by atoms with van der Waals surface area (Å²) in [5, 5.41) is 14.1. The standard InChI is InChI=1S/C25H17F3N4OS/c26-25(27,28)16-9-11-17(12-10-16)31-23-22-24(30-14-29-23)34-21(32-22)13-15-5-1-2-6-18(15)19-7-3-4-8-20(19)33/h1-12,14,33H,13H2,(H,29,30,31). The third-order valence-electron chi connectivity index (χ3n) is 5.27. The molecule has 5 rings (SSSR count). The minimum Gasteiger partial charge on any atom is -0.507 e. The van der Waals surface area contributed by atoms with Gasteiger partial charge in [-0.3, -0.25) is 0 Å². The number of anilines is 2. The molecule has 0 aliphatic heterocycles. The number of thiazole rings is 1. The van der Waals surface area contributed by atoms with Crippen LogP contribution in [0.3, 0.4) is 0 Å². The summed E-state index contributed by atoms with van der Waals surface area (Å²) in [6, 6.07) is 19.7. The van der Waals surface area contributed by atoms with Gasteiger partial charge in [0.2, 0.25) is 0 Å². The maximum absolute atomic E-state index is 12.8. The average molecular weight is 478 g/mol. The van der Waals surface area contributed by atoms with Crippen molar-refractivity contribution >= 4 is 33.2 Å². The molecule has 0 spiro atoms. The van der Waals surface area contributed by atoms with Crippen molar-refractivity contribution in [3.05, 3.63) is 95.3 Å². The molecule has 9 heteroatoms. The van der Waals surface area contributed by atoms with E-state index in [0.29, 0.717) is 28.3 Å². The van der Waals surface area contributed by atoms with E-state index in [-0.39, 0.29) is 5.75 Å². The molecule has 0 aliphatic rings. The van der Waals surface area contributed by atoms with Crippen LogP contribution in [0, 0.1) is 0 Å². The Bertz CT molecular complexity index is 1470. The number of aromatic nitrogens is 3. The number of benzene rings is 3. The molecule has 2 heterocycles. The number of nitrogens with one attached hydrogen (secondary N) is 1. The second-order valence-electron chi connectivity index (χ2n) is 7.53. The maximum atomic E-state index is 12.8. The van der Waals surface area contributed by atoms with Gasteiger partial charge in [0.25, 0.3) is 0 Å². The predicted octanol–water partition coefficient (Wildman–Crippen LogP) is 6.81. The third kappa shape index (κ3) is 4.42. The molecule has 0 saturated carbocycles. The van der Waals surface area contributed by atoms with Crippen LogP contribution in [0.1, 0.15) is 16.1 Å². The van der Waals surface area contributed by atoms with Gasteiger partial charge >= 0.3 is 6.18 Å². The quantitative estimate of drug-likeness (QED) is 0.290. The molecule has 0 saturated heterocycles. The van der Waals surface area contributed by atoms with Crippen molar-refractivity contribution in [3.63, 3.8) is 0 Å². The highest BCUT2D eigenvalue weighted by molar-refractivity contribution is 7.18. The van der Waals surface area contributed by atoms with Gasteiger partial charge in [-0.2, -0.15) is 13.2 Å². The second-order valence-corrected chi connectivity index (χ2v) is 8.60. The largest absolute Gasteiger partial charge is 0.507 e. The number of hydrogen-bond acceptors (Lipinski definition) is 6. The van der Waals surface area contributed by atoms with E-state index in [9.17, 15) is 18.3 Å². The van der Waals surface area contributed by atoms with Gasteiger partial charge in [-0.15, -0.1) is 0 Å². The Hall–Kier alpha value is -3.98. The summed E-state index contributed by atoms with van der Waals surface area (Å²) in [4.78, 5) is 13.9. The first-order valence-electron chi connectivity index (χ1n) is 10.3. The topological polar surface area (TPSA) is 70.9 Å². The second kappa shape index (κ2) is 8.75.